The molecule has 0 aromatic carbocycles. The zero-order valence-electron chi connectivity index (χ0n) is 8.40. The van der Waals surface area contributed by atoms with Crippen molar-refractivity contribution in [3.05, 3.63) is 27.0 Å². The number of thiazole rings is 1. The molecular formula is C10H8BrNO2S2. The second kappa shape index (κ2) is 5.07. The second-order valence-electron chi connectivity index (χ2n) is 2.85. The monoisotopic (exact) mass is 317 g/mol. The Bertz CT molecular complexity index is 506. The minimum absolute atomic E-state index is 0.304. The van der Waals surface area contributed by atoms with Crippen LogP contribution in [0.4, 0.5) is 0 Å². The van der Waals surface area contributed by atoms with Crippen molar-refractivity contribution >= 4 is 44.6 Å². The number of carbonyl (C=O) groups is 1. The fourth-order valence-corrected chi connectivity index (χ4v) is 3.37. The van der Waals surface area contributed by atoms with Gasteiger partial charge in [-0.05, 0) is 35.0 Å². The average molecular weight is 318 g/mol. The number of hydrogen-bond donors (Lipinski definition) is 0. The standard InChI is InChI=1S/C10H8BrNO2S2/c1-2-14-10(13)7-5-12-9(16-7)6-3-4-8(11)15-6/h3-5H,2H2,1H3. The third kappa shape index (κ3) is 2.50. The number of carbonyl (C=O) groups excluding carboxylic acids is 1. The number of halogens is 1. The van der Waals surface area contributed by atoms with Crippen LogP contribution in [0.5, 0.6) is 0 Å². The number of aromatic nitrogens is 1. The first-order valence-electron chi connectivity index (χ1n) is 4.59. The zero-order chi connectivity index (χ0) is 11.5. The molecule has 0 amide bonds. The number of esters is 1. The third-order valence-corrected chi connectivity index (χ3v) is 4.54. The van der Waals surface area contributed by atoms with Gasteiger partial charge in [-0.2, -0.15) is 0 Å². The van der Waals surface area contributed by atoms with E-state index in [9.17, 15) is 4.79 Å². The molecule has 0 aliphatic rings. The van der Waals surface area contributed by atoms with E-state index in [1.54, 1.807) is 24.5 Å². The maximum absolute atomic E-state index is 11.4. The number of thiophene rings is 1. The third-order valence-electron chi connectivity index (χ3n) is 1.77. The Balaban J connectivity index is 2.22. The smallest absolute Gasteiger partial charge is 0.349 e. The predicted molar refractivity (Wildman–Crippen MR) is 69.1 cm³/mol. The van der Waals surface area contributed by atoms with Crippen LogP contribution in [-0.2, 0) is 4.74 Å². The molecular weight excluding hydrogens is 310 g/mol. The Kier molecular flexibility index (Phi) is 3.73. The van der Waals surface area contributed by atoms with Gasteiger partial charge in [0.15, 0.2) is 0 Å². The highest BCUT2D eigenvalue weighted by atomic mass is 79.9. The maximum atomic E-state index is 11.4. The van der Waals surface area contributed by atoms with Crippen molar-refractivity contribution in [3.63, 3.8) is 0 Å². The summed E-state index contributed by atoms with van der Waals surface area (Å²) in [7, 11) is 0. The van der Waals surface area contributed by atoms with E-state index in [4.69, 9.17) is 4.74 Å². The molecule has 2 heterocycles. The lowest BCUT2D eigenvalue weighted by atomic mass is 10.5. The Labute approximate surface area is 109 Å². The van der Waals surface area contributed by atoms with Crippen LogP contribution in [-0.4, -0.2) is 17.6 Å². The van der Waals surface area contributed by atoms with Gasteiger partial charge in [0, 0.05) is 0 Å². The van der Waals surface area contributed by atoms with E-state index in [-0.39, 0.29) is 5.97 Å². The predicted octanol–water partition coefficient (Wildman–Crippen LogP) is 3.81. The van der Waals surface area contributed by atoms with Crippen LogP contribution in [0.3, 0.4) is 0 Å². The van der Waals surface area contributed by atoms with Gasteiger partial charge in [-0.1, -0.05) is 0 Å². The number of hydrogen-bond acceptors (Lipinski definition) is 5. The van der Waals surface area contributed by atoms with Crippen LogP contribution in [0.1, 0.15) is 16.6 Å². The zero-order valence-corrected chi connectivity index (χ0v) is 11.6. The molecule has 0 saturated carbocycles. The summed E-state index contributed by atoms with van der Waals surface area (Å²) in [6.45, 7) is 2.17. The number of nitrogens with zero attached hydrogens (tertiary/aromatic N) is 1. The number of rotatable bonds is 3. The first-order valence-corrected chi connectivity index (χ1v) is 7.02. The first-order chi connectivity index (χ1) is 7.70. The van der Waals surface area contributed by atoms with Gasteiger partial charge >= 0.3 is 5.97 Å². The Hall–Kier alpha value is -0.720. The van der Waals surface area contributed by atoms with E-state index < -0.39 is 0 Å². The van der Waals surface area contributed by atoms with Crippen molar-refractivity contribution in [2.75, 3.05) is 6.61 Å². The van der Waals surface area contributed by atoms with Gasteiger partial charge in [0.1, 0.15) is 9.88 Å². The molecule has 2 rings (SSSR count). The molecule has 6 heteroatoms. The summed E-state index contributed by atoms with van der Waals surface area (Å²) in [5.41, 5.74) is 0. The van der Waals surface area contributed by atoms with Gasteiger partial charge in [-0.3, -0.25) is 0 Å². The first kappa shape index (κ1) is 11.8. The Morgan fingerprint density at radius 1 is 1.50 bits per heavy atom. The van der Waals surface area contributed by atoms with E-state index in [0.717, 1.165) is 13.7 Å². The topological polar surface area (TPSA) is 39.2 Å². The van der Waals surface area contributed by atoms with E-state index in [1.165, 1.54) is 11.3 Å². The highest BCUT2D eigenvalue weighted by Crippen LogP contribution is 2.33. The SMILES string of the molecule is CCOC(=O)c1cnc(-c2ccc(Br)s2)s1. The molecule has 0 saturated heterocycles. The molecule has 0 atom stereocenters. The lowest BCUT2D eigenvalue weighted by Crippen LogP contribution is -2.01. The summed E-state index contributed by atoms with van der Waals surface area (Å²) in [6, 6.07) is 3.94. The fourth-order valence-electron chi connectivity index (χ4n) is 1.11. The van der Waals surface area contributed by atoms with E-state index in [0.29, 0.717) is 11.5 Å². The second-order valence-corrected chi connectivity index (χ2v) is 6.35. The maximum Gasteiger partial charge on any atom is 0.349 e. The van der Waals surface area contributed by atoms with Gasteiger partial charge in [0.25, 0.3) is 0 Å². The molecule has 0 radical (unpaired) electrons. The van der Waals surface area contributed by atoms with Gasteiger partial charge < -0.3 is 4.74 Å². The summed E-state index contributed by atoms with van der Waals surface area (Å²) in [5, 5.41) is 0.846. The molecule has 3 nitrogen and oxygen atoms in total. The van der Waals surface area contributed by atoms with Crippen LogP contribution in [0, 0.1) is 0 Å². The van der Waals surface area contributed by atoms with E-state index in [2.05, 4.69) is 20.9 Å². The largest absolute Gasteiger partial charge is 0.462 e. The normalized spacial score (nSPS) is 10.4. The van der Waals surface area contributed by atoms with Crippen LogP contribution < -0.4 is 0 Å². The van der Waals surface area contributed by atoms with Gasteiger partial charge in [-0.15, -0.1) is 22.7 Å². The van der Waals surface area contributed by atoms with Crippen molar-refractivity contribution in [3.8, 4) is 9.88 Å². The molecule has 0 spiro atoms. The molecule has 84 valence electrons. The molecule has 0 unspecified atom stereocenters. The summed E-state index contributed by atoms with van der Waals surface area (Å²) in [4.78, 5) is 17.2. The lowest BCUT2D eigenvalue weighted by molar-refractivity contribution is 0.0532. The minimum Gasteiger partial charge on any atom is -0.462 e. The molecule has 2 aromatic heterocycles. The van der Waals surface area contributed by atoms with Crippen molar-refractivity contribution in [2.24, 2.45) is 0 Å². The molecule has 0 bridgehead atoms. The Morgan fingerprint density at radius 3 is 2.94 bits per heavy atom. The van der Waals surface area contributed by atoms with Crippen molar-refractivity contribution < 1.29 is 9.53 Å². The molecule has 2 aromatic rings. The van der Waals surface area contributed by atoms with Crippen LogP contribution in [0.2, 0.25) is 0 Å². The highest BCUT2D eigenvalue weighted by Gasteiger charge is 2.13. The Morgan fingerprint density at radius 2 is 2.31 bits per heavy atom. The molecule has 0 fully saturated rings. The lowest BCUT2D eigenvalue weighted by Gasteiger charge is -1.95. The van der Waals surface area contributed by atoms with Crippen LogP contribution in [0.15, 0.2) is 22.1 Å². The summed E-state index contributed by atoms with van der Waals surface area (Å²) >= 11 is 6.34. The summed E-state index contributed by atoms with van der Waals surface area (Å²) in [5.74, 6) is -0.304. The van der Waals surface area contributed by atoms with Gasteiger partial charge in [0.05, 0.1) is 21.5 Å². The fraction of sp³-hybridized carbons (Fsp3) is 0.200. The van der Waals surface area contributed by atoms with Gasteiger partial charge in [-0.25, -0.2) is 9.78 Å². The highest BCUT2D eigenvalue weighted by molar-refractivity contribution is 9.11. The number of ether oxygens (including phenoxy) is 1. The van der Waals surface area contributed by atoms with Crippen molar-refractivity contribution in [2.45, 2.75) is 6.92 Å². The molecule has 0 N–H and O–H groups in total. The summed E-state index contributed by atoms with van der Waals surface area (Å²) < 4.78 is 5.96. The van der Waals surface area contributed by atoms with Crippen molar-refractivity contribution in [1.82, 2.24) is 4.98 Å². The summed E-state index contributed by atoms with van der Waals surface area (Å²) in [6.07, 6.45) is 1.56. The van der Waals surface area contributed by atoms with Crippen molar-refractivity contribution in [1.29, 1.82) is 0 Å². The minimum atomic E-state index is -0.304. The van der Waals surface area contributed by atoms with Crippen LogP contribution in [0.25, 0.3) is 9.88 Å². The van der Waals surface area contributed by atoms with E-state index in [1.807, 2.05) is 12.1 Å². The molecule has 16 heavy (non-hydrogen) atoms. The quantitative estimate of drug-likeness (QED) is 0.808. The molecule has 0 aliphatic heterocycles. The van der Waals surface area contributed by atoms with Gasteiger partial charge in [0.2, 0.25) is 0 Å². The van der Waals surface area contributed by atoms with Crippen LogP contribution >= 0.6 is 38.6 Å². The molecule has 0 aliphatic carbocycles. The van der Waals surface area contributed by atoms with E-state index >= 15 is 0 Å². The average Bonchev–Trinajstić information content (AvgIpc) is 2.85.